The molecular weight excluding hydrogens is 92.1 g/mol. The van der Waals surface area contributed by atoms with Crippen LogP contribution in [0.2, 0.25) is 0 Å². The molecule has 0 aliphatic heterocycles. The maximum atomic E-state index is 10.2. The third kappa shape index (κ3) is 0.892. The molecule has 7 heavy (non-hydrogen) atoms. The van der Waals surface area contributed by atoms with E-state index in [0.717, 1.165) is 0 Å². The Morgan fingerprint density at radius 1 is 1.71 bits per heavy atom. The smallest absolute Gasteiger partial charge is 0.185 e. The van der Waals surface area contributed by atoms with Gasteiger partial charge in [-0.25, -0.2) is 0 Å². The minimum absolute atomic E-state index is 0.0775. The average molecular weight is 95.1 g/mol. The highest BCUT2D eigenvalue weighted by Crippen LogP contribution is 1.70. The zero-order valence-corrected chi connectivity index (χ0v) is 3.55. The average Bonchev–Trinajstić information content (AvgIpc) is 1.69. The molecule has 0 saturated heterocycles. The van der Waals surface area contributed by atoms with Gasteiger partial charge in [-0.05, 0) is 0 Å². The predicted molar refractivity (Wildman–Crippen MR) is 23.8 cm³/mol. The van der Waals surface area contributed by atoms with Gasteiger partial charge in [0.2, 0.25) is 0 Å². The molecule has 0 saturated carbocycles. The van der Waals surface area contributed by atoms with E-state index in [9.17, 15) is 4.79 Å². The Labute approximate surface area is 40.4 Å². The normalized spacial score (nSPS) is 8.57. The summed E-state index contributed by atoms with van der Waals surface area (Å²) in [7, 11) is 0. The van der Waals surface area contributed by atoms with E-state index in [4.69, 9.17) is 0 Å². The van der Waals surface area contributed by atoms with Crippen molar-refractivity contribution in [3.8, 4) is 0 Å². The Bertz CT molecular complexity index is 172. The van der Waals surface area contributed by atoms with Gasteiger partial charge in [-0.2, -0.15) is 0 Å². The first-order chi connectivity index (χ1) is 3.39. The molecule has 0 aliphatic rings. The highest BCUT2D eigenvalue weighted by Gasteiger charge is 1.73. The van der Waals surface area contributed by atoms with Crippen molar-refractivity contribution < 1.29 is 4.42 Å². The van der Waals surface area contributed by atoms with Crippen LogP contribution in [0, 0.1) is 6.26 Å². The molecule has 2 heteroatoms. The van der Waals surface area contributed by atoms with Crippen LogP contribution in [0.15, 0.2) is 27.6 Å². The summed E-state index contributed by atoms with van der Waals surface area (Å²) in [6.07, 6.45) is 3.57. The fourth-order valence-corrected chi connectivity index (χ4v) is 0.281. The standard InChI is InChI=1S/C5H3O2/c6-5-1-3-7-4-2-5/h1-3H. The van der Waals surface area contributed by atoms with Gasteiger partial charge < -0.3 is 4.42 Å². The van der Waals surface area contributed by atoms with Crippen LogP contribution in [0.3, 0.4) is 0 Å². The van der Waals surface area contributed by atoms with Crippen LogP contribution in [0.4, 0.5) is 0 Å². The van der Waals surface area contributed by atoms with Crippen molar-refractivity contribution in [2.24, 2.45) is 0 Å². The summed E-state index contributed by atoms with van der Waals surface area (Å²) in [6, 6.07) is 2.57. The summed E-state index contributed by atoms with van der Waals surface area (Å²) in [5.74, 6) is 0. The van der Waals surface area contributed by atoms with Crippen LogP contribution in [0.5, 0.6) is 0 Å². The largest absolute Gasteiger partial charge is 0.461 e. The van der Waals surface area contributed by atoms with Gasteiger partial charge in [-0.1, -0.05) is 0 Å². The fourth-order valence-electron chi connectivity index (χ4n) is 0.281. The lowest BCUT2D eigenvalue weighted by Crippen LogP contribution is -1.90. The van der Waals surface area contributed by atoms with E-state index >= 15 is 0 Å². The van der Waals surface area contributed by atoms with Gasteiger partial charge in [-0.3, -0.25) is 4.79 Å². The molecule has 1 rings (SSSR count). The van der Waals surface area contributed by atoms with Crippen LogP contribution in [-0.4, -0.2) is 0 Å². The highest BCUT2D eigenvalue weighted by molar-refractivity contribution is 4.85. The zero-order chi connectivity index (χ0) is 5.11. The number of rotatable bonds is 0. The summed E-state index contributed by atoms with van der Waals surface area (Å²) in [5, 5.41) is 0. The minimum atomic E-state index is -0.0775. The van der Waals surface area contributed by atoms with E-state index in [-0.39, 0.29) is 5.43 Å². The summed E-state index contributed by atoms with van der Waals surface area (Å²) >= 11 is 0. The van der Waals surface area contributed by atoms with Gasteiger partial charge in [0.15, 0.2) is 11.7 Å². The van der Waals surface area contributed by atoms with Crippen LogP contribution in [0.25, 0.3) is 0 Å². The van der Waals surface area contributed by atoms with E-state index < -0.39 is 0 Å². The monoisotopic (exact) mass is 95.0 g/mol. The Balaban J connectivity index is 3.28. The molecule has 0 bridgehead atoms. The molecule has 0 aromatic carbocycles. The SMILES string of the molecule is O=c1c[c]occ1. The molecule has 2 nitrogen and oxygen atoms in total. The van der Waals surface area contributed by atoms with E-state index in [1.807, 2.05) is 0 Å². The molecule has 1 radical (unpaired) electrons. The lowest BCUT2D eigenvalue weighted by atomic mass is 10.5. The van der Waals surface area contributed by atoms with E-state index in [1.165, 1.54) is 18.4 Å². The van der Waals surface area contributed by atoms with Crippen molar-refractivity contribution in [2.45, 2.75) is 0 Å². The highest BCUT2D eigenvalue weighted by atomic mass is 16.3. The Morgan fingerprint density at radius 2 is 2.57 bits per heavy atom. The van der Waals surface area contributed by atoms with Crippen molar-refractivity contribution >= 4 is 0 Å². The molecule has 0 fully saturated rings. The van der Waals surface area contributed by atoms with Gasteiger partial charge in [0.05, 0.1) is 6.26 Å². The maximum Gasteiger partial charge on any atom is 0.185 e. The van der Waals surface area contributed by atoms with E-state index in [2.05, 4.69) is 10.7 Å². The van der Waals surface area contributed by atoms with Gasteiger partial charge in [-0.15, -0.1) is 0 Å². The molecule has 0 atom stereocenters. The van der Waals surface area contributed by atoms with E-state index in [1.54, 1.807) is 0 Å². The lowest BCUT2D eigenvalue weighted by molar-refractivity contribution is 0.539. The first kappa shape index (κ1) is 4.12. The molecule has 1 aromatic heterocycles. The van der Waals surface area contributed by atoms with Crippen LogP contribution < -0.4 is 5.43 Å². The molecule has 0 N–H and O–H groups in total. The van der Waals surface area contributed by atoms with Crippen molar-refractivity contribution in [3.05, 3.63) is 34.9 Å². The third-order valence-corrected chi connectivity index (χ3v) is 0.570. The third-order valence-electron chi connectivity index (χ3n) is 0.570. The van der Waals surface area contributed by atoms with Crippen molar-refractivity contribution in [1.29, 1.82) is 0 Å². The molecule has 35 valence electrons. The van der Waals surface area contributed by atoms with Gasteiger partial charge in [0, 0.05) is 12.1 Å². The Morgan fingerprint density at radius 3 is 2.86 bits per heavy atom. The second kappa shape index (κ2) is 1.60. The fraction of sp³-hybridized carbons (Fsp3) is 0. The van der Waals surface area contributed by atoms with Gasteiger partial charge in [0.1, 0.15) is 0 Å². The topological polar surface area (TPSA) is 30.2 Å². The molecule has 0 spiro atoms. The lowest BCUT2D eigenvalue weighted by Gasteiger charge is -1.71. The van der Waals surface area contributed by atoms with Crippen LogP contribution >= 0.6 is 0 Å². The summed E-state index contributed by atoms with van der Waals surface area (Å²) in [4.78, 5) is 10.2. The number of hydrogen-bond donors (Lipinski definition) is 0. The maximum absolute atomic E-state index is 10.2. The molecule has 1 heterocycles. The molecule has 0 unspecified atom stereocenters. The summed E-state index contributed by atoms with van der Waals surface area (Å²) < 4.78 is 4.43. The molecule has 0 aliphatic carbocycles. The first-order valence-electron chi connectivity index (χ1n) is 1.84. The van der Waals surface area contributed by atoms with E-state index in [0.29, 0.717) is 0 Å². The van der Waals surface area contributed by atoms with Crippen molar-refractivity contribution in [3.63, 3.8) is 0 Å². The zero-order valence-electron chi connectivity index (χ0n) is 3.55. The molecular formula is C5H3O2. The Hall–Kier alpha value is -1.05. The van der Waals surface area contributed by atoms with Gasteiger partial charge >= 0.3 is 0 Å². The molecule has 1 aromatic rings. The Kier molecular flexibility index (Phi) is 0.941. The summed E-state index contributed by atoms with van der Waals surface area (Å²) in [6.45, 7) is 0. The predicted octanol–water partition coefficient (Wildman–Crippen LogP) is 0.440. The number of hydrogen-bond acceptors (Lipinski definition) is 2. The summed E-state index contributed by atoms with van der Waals surface area (Å²) in [5.41, 5.74) is -0.0775. The molecule has 0 amide bonds. The quantitative estimate of drug-likeness (QED) is 0.468. The minimum Gasteiger partial charge on any atom is -0.461 e. The van der Waals surface area contributed by atoms with Crippen LogP contribution in [-0.2, 0) is 0 Å². The first-order valence-corrected chi connectivity index (χ1v) is 1.84. The van der Waals surface area contributed by atoms with Crippen molar-refractivity contribution in [2.75, 3.05) is 0 Å². The van der Waals surface area contributed by atoms with Gasteiger partial charge in [0.25, 0.3) is 0 Å². The van der Waals surface area contributed by atoms with Crippen molar-refractivity contribution in [1.82, 2.24) is 0 Å². The second-order valence-electron chi connectivity index (χ2n) is 1.09. The van der Waals surface area contributed by atoms with Crippen LogP contribution in [0.1, 0.15) is 0 Å². The second-order valence-corrected chi connectivity index (χ2v) is 1.09.